The zero-order valence-electron chi connectivity index (χ0n) is 11.9. The molecule has 0 radical (unpaired) electrons. The number of nitrogens with zero attached hydrogens (tertiary/aromatic N) is 1. The molecule has 1 N–H and O–H groups in total. The van der Waals surface area contributed by atoms with Crippen molar-refractivity contribution in [1.29, 1.82) is 0 Å². The highest BCUT2D eigenvalue weighted by Gasteiger charge is 2.21. The second-order valence-corrected chi connectivity index (χ2v) is 5.79. The minimum absolute atomic E-state index is 0.198. The van der Waals surface area contributed by atoms with E-state index in [9.17, 15) is 10.1 Å². The summed E-state index contributed by atoms with van der Waals surface area (Å²) < 4.78 is 0. The Kier molecular flexibility index (Phi) is 4.08. The highest BCUT2D eigenvalue weighted by molar-refractivity contribution is 5.60. The second-order valence-electron chi connectivity index (χ2n) is 5.79. The standard InChI is InChI=1S/C15H22N2O2/c1-10-7-11(2)15(17(18)19)9-14(10)16-12(3)8-13-5-4-6-13/h7,9,12-13,16H,4-6,8H2,1-3H3. The number of anilines is 1. The average molecular weight is 262 g/mol. The summed E-state index contributed by atoms with van der Waals surface area (Å²) >= 11 is 0. The highest BCUT2D eigenvalue weighted by atomic mass is 16.6. The van der Waals surface area contributed by atoms with Crippen molar-refractivity contribution in [2.75, 3.05) is 5.32 Å². The molecule has 0 bridgehead atoms. The number of hydrogen-bond acceptors (Lipinski definition) is 3. The molecule has 1 fully saturated rings. The fourth-order valence-corrected chi connectivity index (χ4v) is 2.75. The minimum Gasteiger partial charge on any atom is -0.382 e. The van der Waals surface area contributed by atoms with Gasteiger partial charge in [0.1, 0.15) is 0 Å². The van der Waals surface area contributed by atoms with Crippen LogP contribution in [-0.2, 0) is 0 Å². The van der Waals surface area contributed by atoms with E-state index in [2.05, 4.69) is 12.2 Å². The molecule has 19 heavy (non-hydrogen) atoms. The van der Waals surface area contributed by atoms with Crippen LogP contribution in [0.15, 0.2) is 12.1 Å². The van der Waals surface area contributed by atoms with Gasteiger partial charge in [0, 0.05) is 23.4 Å². The number of benzene rings is 1. The fraction of sp³-hybridized carbons (Fsp3) is 0.600. The van der Waals surface area contributed by atoms with Crippen LogP contribution in [0.4, 0.5) is 11.4 Å². The Morgan fingerprint density at radius 2 is 2.05 bits per heavy atom. The van der Waals surface area contributed by atoms with Gasteiger partial charge in [0.2, 0.25) is 0 Å². The van der Waals surface area contributed by atoms with E-state index < -0.39 is 0 Å². The van der Waals surface area contributed by atoms with Gasteiger partial charge in [0.25, 0.3) is 5.69 Å². The number of hydrogen-bond donors (Lipinski definition) is 1. The van der Waals surface area contributed by atoms with Gasteiger partial charge in [0.15, 0.2) is 0 Å². The van der Waals surface area contributed by atoms with Crippen LogP contribution in [0, 0.1) is 29.9 Å². The molecule has 4 nitrogen and oxygen atoms in total. The van der Waals surface area contributed by atoms with E-state index in [1.165, 1.54) is 19.3 Å². The molecule has 0 saturated heterocycles. The van der Waals surface area contributed by atoms with Gasteiger partial charge in [-0.2, -0.15) is 0 Å². The second kappa shape index (κ2) is 5.59. The van der Waals surface area contributed by atoms with E-state index in [0.717, 1.165) is 29.2 Å². The van der Waals surface area contributed by atoms with E-state index >= 15 is 0 Å². The van der Waals surface area contributed by atoms with Crippen LogP contribution in [0.5, 0.6) is 0 Å². The summed E-state index contributed by atoms with van der Waals surface area (Å²) in [5.41, 5.74) is 2.89. The quantitative estimate of drug-likeness (QED) is 0.639. The van der Waals surface area contributed by atoms with Crippen LogP contribution in [0.2, 0.25) is 0 Å². The van der Waals surface area contributed by atoms with E-state index in [4.69, 9.17) is 0 Å². The molecule has 1 aromatic carbocycles. The lowest BCUT2D eigenvalue weighted by atomic mass is 9.81. The van der Waals surface area contributed by atoms with Gasteiger partial charge in [-0.3, -0.25) is 10.1 Å². The van der Waals surface area contributed by atoms with E-state index in [0.29, 0.717) is 6.04 Å². The smallest absolute Gasteiger partial charge is 0.274 e. The number of nitro groups is 1. The van der Waals surface area contributed by atoms with Crippen molar-refractivity contribution >= 4 is 11.4 Å². The average Bonchev–Trinajstić information content (AvgIpc) is 2.27. The van der Waals surface area contributed by atoms with Crippen LogP contribution < -0.4 is 5.32 Å². The van der Waals surface area contributed by atoms with E-state index in [-0.39, 0.29) is 10.6 Å². The summed E-state index contributed by atoms with van der Waals surface area (Å²) in [6.07, 6.45) is 5.17. The fourth-order valence-electron chi connectivity index (χ4n) is 2.75. The van der Waals surface area contributed by atoms with E-state index in [1.54, 1.807) is 13.0 Å². The van der Waals surface area contributed by atoms with Crippen LogP contribution in [-0.4, -0.2) is 11.0 Å². The Hall–Kier alpha value is -1.58. The Morgan fingerprint density at radius 1 is 1.37 bits per heavy atom. The molecule has 2 rings (SSSR count). The highest BCUT2D eigenvalue weighted by Crippen LogP contribution is 2.32. The van der Waals surface area contributed by atoms with Gasteiger partial charge in [-0.15, -0.1) is 0 Å². The molecule has 0 aliphatic heterocycles. The molecule has 1 aliphatic carbocycles. The van der Waals surface area contributed by atoms with Crippen LogP contribution in [0.3, 0.4) is 0 Å². The molecule has 0 heterocycles. The van der Waals surface area contributed by atoms with Crippen molar-refractivity contribution in [2.45, 2.75) is 52.5 Å². The van der Waals surface area contributed by atoms with Gasteiger partial charge in [-0.1, -0.05) is 19.3 Å². The van der Waals surface area contributed by atoms with Crippen LogP contribution in [0.1, 0.15) is 43.7 Å². The molecule has 104 valence electrons. The molecular formula is C15H22N2O2. The molecule has 1 unspecified atom stereocenters. The first-order chi connectivity index (χ1) is 8.97. The number of nitrogens with one attached hydrogen (secondary N) is 1. The largest absolute Gasteiger partial charge is 0.382 e. The molecule has 1 aromatic rings. The molecule has 0 spiro atoms. The number of nitro benzene ring substituents is 1. The van der Waals surface area contributed by atoms with Gasteiger partial charge in [-0.25, -0.2) is 0 Å². The maximum atomic E-state index is 11.0. The lowest BCUT2D eigenvalue weighted by Crippen LogP contribution is -2.23. The van der Waals surface area contributed by atoms with Gasteiger partial charge in [-0.05, 0) is 44.7 Å². The monoisotopic (exact) mass is 262 g/mol. The van der Waals surface area contributed by atoms with Crippen LogP contribution in [0.25, 0.3) is 0 Å². The molecular weight excluding hydrogens is 240 g/mol. The van der Waals surface area contributed by atoms with Crippen LogP contribution >= 0.6 is 0 Å². The van der Waals surface area contributed by atoms with Crippen molar-refractivity contribution in [3.05, 3.63) is 33.4 Å². The number of aryl methyl sites for hydroxylation is 2. The Balaban J connectivity index is 2.09. The summed E-state index contributed by atoms with van der Waals surface area (Å²) in [6.45, 7) is 5.94. The minimum atomic E-state index is -0.309. The maximum absolute atomic E-state index is 11.0. The third-order valence-corrected chi connectivity index (χ3v) is 4.05. The lowest BCUT2D eigenvalue weighted by molar-refractivity contribution is -0.385. The van der Waals surface area contributed by atoms with Crippen molar-refractivity contribution in [3.63, 3.8) is 0 Å². The topological polar surface area (TPSA) is 55.2 Å². The SMILES string of the molecule is Cc1cc(C)c([N+](=O)[O-])cc1NC(C)CC1CCC1. The zero-order chi connectivity index (χ0) is 14.0. The first-order valence-corrected chi connectivity index (χ1v) is 6.99. The van der Waals surface area contributed by atoms with Crippen molar-refractivity contribution in [1.82, 2.24) is 0 Å². The first-order valence-electron chi connectivity index (χ1n) is 6.99. The molecule has 4 heteroatoms. The van der Waals surface area contributed by atoms with E-state index in [1.807, 2.05) is 13.0 Å². The third kappa shape index (κ3) is 3.25. The molecule has 0 amide bonds. The molecule has 1 atom stereocenters. The maximum Gasteiger partial charge on any atom is 0.274 e. The summed E-state index contributed by atoms with van der Waals surface area (Å²) in [4.78, 5) is 10.7. The molecule has 0 aromatic heterocycles. The Labute approximate surface area is 114 Å². The third-order valence-electron chi connectivity index (χ3n) is 4.05. The molecule has 1 saturated carbocycles. The van der Waals surface area contributed by atoms with Gasteiger partial charge < -0.3 is 5.32 Å². The number of rotatable bonds is 5. The predicted molar refractivity (Wildman–Crippen MR) is 77.6 cm³/mol. The summed E-state index contributed by atoms with van der Waals surface area (Å²) in [5, 5.41) is 14.4. The Morgan fingerprint density at radius 3 is 2.58 bits per heavy atom. The zero-order valence-corrected chi connectivity index (χ0v) is 11.9. The van der Waals surface area contributed by atoms with Gasteiger partial charge >= 0.3 is 0 Å². The predicted octanol–water partition coefficient (Wildman–Crippen LogP) is 4.20. The Bertz CT molecular complexity index is 481. The van der Waals surface area contributed by atoms with Crippen molar-refractivity contribution in [3.8, 4) is 0 Å². The first kappa shape index (κ1) is 13.8. The summed E-state index contributed by atoms with van der Waals surface area (Å²) in [5.74, 6) is 0.836. The summed E-state index contributed by atoms with van der Waals surface area (Å²) in [6, 6.07) is 3.92. The summed E-state index contributed by atoms with van der Waals surface area (Å²) in [7, 11) is 0. The van der Waals surface area contributed by atoms with Gasteiger partial charge in [0.05, 0.1) is 4.92 Å². The normalized spacial score (nSPS) is 16.8. The van der Waals surface area contributed by atoms with Crippen molar-refractivity contribution in [2.24, 2.45) is 5.92 Å². The molecule has 1 aliphatic rings. The van der Waals surface area contributed by atoms with Crippen molar-refractivity contribution < 1.29 is 4.92 Å². The lowest BCUT2D eigenvalue weighted by Gasteiger charge is -2.29.